The fourth-order valence-electron chi connectivity index (χ4n) is 2.53. The highest BCUT2D eigenvalue weighted by molar-refractivity contribution is 5.80. The van der Waals surface area contributed by atoms with Gasteiger partial charge in [-0.05, 0) is 12.5 Å². The lowest BCUT2D eigenvalue weighted by Crippen LogP contribution is -2.51. The molecule has 1 saturated heterocycles. The minimum Gasteiger partial charge on any atom is -0.300 e. The zero-order chi connectivity index (χ0) is 14.0. The Morgan fingerprint density at radius 1 is 1.26 bits per heavy atom. The predicted molar refractivity (Wildman–Crippen MR) is 65.6 cm³/mol. The summed E-state index contributed by atoms with van der Waals surface area (Å²) in [4.78, 5) is 12.7. The van der Waals surface area contributed by atoms with Gasteiger partial charge in [-0.3, -0.25) is 9.69 Å². The van der Waals surface area contributed by atoms with Crippen molar-refractivity contribution in [3.05, 3.63) is 35.9 Å². The van der Waals surface area contributed by atoms with E-state index in [1.165, 1.54) is 4.90 Å². The lowest BCUT2D eigenvalue weighted by molar-refractivity contribution is -0.197. The van der Waals surface area contributed by atoms with Crippen LogP contribution in [0.5, 0.6) is 0 Å². The van der Waals surface area contributed by atoms with Gasteiger partial charge in [0.05, 0.1) is 0 Å². The first kappa shape index (κ1) is 14.1. The monoisotopic (exact) mass is 271 g/mol. The SMILES string of the molecule is CC(c1ccccc1)N1CCC(=O)CC1C(F)(F)F. The van der Waals surface area contributed by atoms with Gasteiger partial charge in [0.15, 0.2) is 0 Å². The highest BCUT2D eigenvalue weighted by Gasteiger charge is 2.47. The van der Waals surface area contributed by atoms with Crippen molar-refractivity contribution in [1.82, 2.24) is 4.90 Å². The molecule has 1 fully saturated rings. The Morgan fingerprint density at radius 3 is 2.47 bits per heavy atom. The maximum absolute atomic E-state index is 13.0. The van der Waals surface area contributed by atoms with Crippen molar-refractivity contribution in [1.29, 1.82) is 0 Å². The van der Waals surface area contributed by atoms with Crippen LogP contribution in [0.3, 0.4) is 0 Å². The Bertz CT molecular complexity index is 444. The van der Waals surface area contributed by atoms with Crippen molar-refractivity contribution in [2.75, 3.05) is 6.54 Å². The molecule has 1 aromatic rings. The van der Waals surface area contributed by atoms with Crippen LogP contribution < -0.4 is 0 Å². The van der Waals surface area contributed by atoms with Crippen LogP contribution in [-0.4, -0.2) is 29.4 Å². The first-order chi connectivity index (χ1) is 8.89. The molecule has 0 radical (unpaired) electrons. The van der Waals surface area contributed by atoms with Crippen LogP contribution in [0.2, 0.25) is 0 Å². The van der Waals surface area contributed by atoms with Crippen LogP contribution >= 0.6 is 0 Å². The molecule has 0 amide bonds. The van der Waals surface area contributed by atoms with Crippen molar-refractivity contribution in [3.63, 3.8) is 0 Å². The number of benzene rings is 1. The number of hydrogen-bond acceptors (Lipinski definition) is 2. The zero-order valence-corrected chi connectivity index (χ0v) is 10.7. The molecule has 1 aliphatic rings. The molecule has 5 heteroatoms. The molecule has 2 nitrogen and oxygen atoms in total. The van der Waals surface area contributed by atoms with Crippen LogP contribution in [0, 0.1) is 0 Å². The van der Waals surface area contributed by atoms with E-state index < -0.39 is 18.6 Å². The minimum atomic E-state index is -4.36. The van der Waals surface area contributed by atoms with E-state index >= 15 is 0 Å². The number of alkyl halides is 3. The third-order valence-corrected chi connectivity index (χ3v) is 3.63. The number of hydrogen-bond donors (Lipinski definition) is 0. The number of Topliss-reactive ketones (excluding diaryl/α,β-unsaturated/α-hetero) is 1. The van der Waals surface area contributed by atoms with Crippen LogP contribution in [0.1, 0.15) is 31.4 Å². The lowest BCUT2D eigenvalue weighted by atomic mass is 9.96. The smallest absolute Gasteiger partial charge is 0.300 e. The Balaban J connectivity index is 2.23. The summed E-state index contributed by atoms with van der Waals surface area (Å²) in [5, 5.41) is 0. The van der Waals surface area contributed by atoms with E-state index in [4.69, 9.17) is 0 Å². The van der Waals surface area contributed by atoms with E-state index in [9.17, 15) is 18.0 Å². The largest absolute Gasteiger partial charge is 0.404 e. The Labute approximate surface area is 110 Å². The van der Waals surface area contributed by atoms with E-state index in [1.54, 1.807) is 6.92 Å². The van der Waals surface area contributed by atoms with Crippen LogP contribution in [0.25, 0.3) is 0 Å². The molecule has 104 valence electrons. The Morgan fingerprint density at radius 2 is 1.89 bits per heavy atom. The van der Waals surface area contributed by atoms with Gasteiger partial charge in [0.2, 0.25) is 0 Å². The second-order valence-corrected chi connectivity index (χ2v) is 4.87. The molecule has 0 N–H and O–H groups in total. The van der Waals surface area contributed by atoms with Crippen molar-refractivity contribution >= 4 is 5.78 Å². The molecule has 0 spiro atoms. The standard InChI is InChI=1S/C14H16F3NO/c1-10(11-5-3-2-4-6-11)18-8-7-12(19)9-13(18)14(15,16)17/h2-6,10,13H,7-9H2,1H3. The quantitative estimate of drug-likeness (QED) is 0.822. The summed E-state index contributed by atoms with van der Waals surface area (Å²) in [6.07, 6.45) is -4.59. The van der Waals surface area contributed by atoms with Gasteiger partial charge in [0.1, 0.15) is 11.8 Å². The molecule has 1 aliphatic heterocycles. The fourth-order valence-corrected chi connectivity index (χ4v) is 2.53. The molecule has 2 unspecified atom stereocenters. The normalized spacial score (nSPS) is 23.4. The first-order valence-electron chi connectivity index (χ1n) is 6.28. The molecule has 2 atom stereocenters. The number of carbonyl (C=O) groups is 1. The third-order valence-electron chi connectivity index (χ3n) is 3.63. The van der Waals surface area contributed by atoms with E-state index in [-0.39, 0.29) is 24.8 Å². The van der Waals surface area contributed by atoms with Crippen molar-refractivity contribution in [3.8, 4) is 0 Å². The average molecular weight is 271 g/mol. The van der Waals surface area contributed by atoms with Gasteiger partial charge in [0.25, 0.3) is 0 Å². The van der Waals surface area contributed by atoms with Gasteiger partial charge < -0.3 is 0 Å². The van der Waals surface area contributed by atoms with Gasteiger partial charge in [-0.1, -0.05) is 30.3 Å². The Hall–Kier alpha value is -1.36. The van der Waals surface area contributed by atoms with Crippen molar-refractivity contribution in [2.45, 2.75) is 38.0 Å². The second kappa shape index (κ2) is 5.33. The highest BCUT2D eigenvalue weighted by Crippen LogP contribution is 2.35. The number of halogens is 3. The van der Waals surface area contributed by atoms with Crippen LogP contribution in [-0.2, 0) is 4.79 Å². The average Bonchev–Trinajstić information content (AvgIpc) is 2.38. The minimum absolute atomic E-state index is 0.166. The predicted octanol–water partition coefficient (Wildman–Crippen LogP) is 3.34. The Kier molecular flexibility index (Phi) is 3.94. The summed E-state index contributed by atoms with van der Waals surface area (Å²) in [6, 6.07) is 7.07. The number of nitrogens with zero attached hydrogens (tertiary/aromatic N) is 1. The summed E-state index contributed by atoms with van der Waals surface area (Å²) in [6.45, 7) is 1.92. The number of piperidine rings is 1. The van der Waals surface area contributed by atoms with Gasteiger partial charge >= 0.3 is 6.18 Å². The van der Waals surface area contributed by atoms with E-state index in [1.807, 2.05) is 30.3 Å². The van der Waals surface area contributed by atoms with E-state index in [0.717, 1.165) is 5.56 Å². The molecule has 19 heavy (non-hydrogen) atoms. The molecule has 1 aromatic carbocycles. The first-order valence-corrected chi connectivity index (χ1v) is 6.28. The summed E-state index contributed by atoms with van der Waals surface area (Å²) < 4.78 is 39.1. The van der Waals surface area contributed by atoms with Gasteiger partial charge in [0, 0.05) is 25.4 Å². The topological polar surface area (TPSA) is 20.3 Å². The van der Waals surface area contributed by atoms with Gasteiger partial charge in [-0.25, -0.2) is 0 Å². The molecule has 0 bridgehead atoms. The molecular formula is C14H16F3NO. The number of likely N-dealkylation sites (tertiary alicyclic amines) is 1. The maximum atomic E-state index is 13.0. The molecule has 0 aromatic heterocycles. The molecule has 0 saturated carbocycles. The van der Waals surface area contributed by atoms with Crippen molar-refractivity contribution in [2.24, 2.45) is 0 Å². The second-order valence-electron chi connectivity index (χ2n) is 4.87. The number of ketones is 1. The molecule has 1 heterocycles. The van der Waals surface area contributed by atoms with Crippen LogP contribution in [0.4, 0.5) is 13.2 Å². The zero-order valence-electron chi connectivity index (χ0n) is 10.7. The molecule has 2 rings (SSSR count). The number of carbonyl (C=O) groups excluding carboxylic acids is 1. The van der Waals surface area contributed by atoms with Gasteiger partial charge in [-0.15, -0.1) is 0 Å². The lowest BCUT2D eigenvalue weighted by Gasteiger charge is -2.40. The third kappa shape index (κ3) is 3.15. The summed E-state index contributed by atoms with van der Waals surface area (Å²) >= 11 is 0. The van der Waals surface area contributed by atoms with Gasteiger partial charge in [-0.2, -0.15) is 13.2 Å². The maximum Gasteiger partial charge on any atom is 0.404 e. The molecular weight excluding hydrogens is 255 g/mol. The van der Waals surface area contributed by atoms with E-state index in [2.05, 4.69) is 0 Å². The number of rotatable bonds is 2. The fraction of sp³-hybridized carbons (Fsp3) is 0.500. The van der Waals surface area contributed by atoms with Crippen LogP contribution in [0.15, 0.2) is 30.3 Å². The van der Waals surface area contributed by atoms with Crippen molar-refractivity contribution < 1.29 is 18.0 Å². The highest BCUT2D eigenvalue weighted by atomic mass is 19.4. The summed E-state index contributed by atoms with van der Waals surface area (Å²) in [7, 11) is 0. The summed E-state index contributed by atoms with van der Waals surface area (Å²) in [5.41, 5.74) is 0.839. The van der Waals surface area contributed by atoms with E-state index in [0.29, 0.717) is 0 Å². The molecule has 0 aliphatic carbocycles. The summed E-state index contributed by atoms with van der Waals surface area (Å²) in [5.74, 6) is -0.307.